The minimum absolute atomic E-state index is 0.226. The molecule has 1 N–H and O–H groups in total. The summed E-state index contributed by atoms with van der Waals surface area (Å²) in [7, 11) is 1.71. The summed E-state index contributed by atoms with van der Waals surface area (Å²) in [6, 6.07) is 5.29. The van der Waals surface area contributed by atoms with Crippen LogP contribution in [0.3, 0.4) is 0 Å². The zero-order chi connectivity index (χ0) is 16.7. The molecule has 23 heavy (non-hydrogen) atoms. The largest absolute Gasteiger partial charge is 0.329 e. The van der Waals surface area contributed by atoms with Crippen molar-refractivity contribution in [1.82, 2.24) is 14.5 Å². The molecule has 1 aliphatic rings. The number of carbonyl (C=O) groups is 2. The molecule has 2 aromatic rings. The van der Waals surface area contributed by atoms with Crippen molar-refractivity contribution in [2.75, 3.05) is 0 Å². The Morgan fingerprint density at radius 2 is 1.96 bits per heavy atom. The number of nitrogens with one attached hydrogen (secondary N) is 1. The van der Waals surface area contributed by atoms with Gasteiger partial charge in [0.2, 0.25) is 11.8 Å². The number of piperidine rings is 1. The van der Waals surface area contributed by atoms with Gasteiger partial charge in [0.05, 0.1) is 11.0 Å². The highest BCUT2D eigenvalue weighted by molar-refractivity contribution is 6.00. The van der Waals surface area contributed by atoms with Crippen molar-refractivity contribution in [2.24, 2.45) is 13.0 Å². The van der Waals surface area contributed by atoms with Crippen LogP contribution in [-0.4, -0.2) is 20.9 Å². The fourth-order valence-electron chi connectivity index (χ4n) is 3.24. The second kappa shape index (κ2) is 5.68. The first-order valence-corrected chi connectivity index (χ1v) is 7.92. The topological polar surface area (TPSA) is 73.1 Å². The Balaban J connectivity index is 2.11. The van der Waals surface area contributed by atoms with Gasteiger partial charge in [-0.05, 0) is 36.5 Å². The first-order valence-electron chi connectivity index (χ1n) is 7.92. The molecule has 0 radical (unpaired) electrons. The third-order valence-corrected chi connectivity index (χ3v) is 4.32. The minimum atomic E-state index is -0.625. The number of hydrogen-bond donors (Lipinski definition) is 1. The van der Waals surface area contributed by atoms with Crippen LogP contribution in [0.5, 0.6) is 0 Å². The van der Waals surface area contributed by atoms with Gasteiger partial charge in [0.25, 0.3) is 0 Å². The fraction of sp³-hybridized carbons (Fsp3) is 0.471. The number of rotatable bonds is 3. The molecule has 1 unspecified atom stereocenters. The third-order valence-electron chi connectivity index (χ3n) is 4.32. The predicted molar refractivity (Wildman–Crippen MR) is 87.1 cm³/mol. The SMILES string of the molecule is CC(C)Cc1ccc2c(c1)n(C)c(=O)n2C1CCC(=O)NC1=O. The van der Waals surface area contributed by atoms with E-state index in [1.54, 1.807) is 11.6 Å². The number of fused-ring (bicyclic) bond motifs is 1. The second-order valence-corrected chi connectivity index (χ2v) is 6.60. The van der Waals surface area contributed by atoms with Gasteiger partial charge in [0.15, 0.2) is 0 Å². The van der Waals surface area contributed by atoms with Gasteiger partial charge in [-0.15, -0.1) is 0 Å². The van der Waals surface area contributed by atoms with Gasteiger partial charge in [-0.25, -0.2) is 4.79 Å². The highest BCUT2D eigenvalue weighted by atomic mass is 16.2. The molecule has 2 amide bonds. The summed E-state index contributed by atoms with van der Waals surface area (Å²) in [5.41, 5.74) is 2.50. The zero-order valence-electron chi connectivity index (χ0n) is 13.6. The smallest absolute Gasteiger partial charge is 0.295 e. The van der Waals surface area contributed by atoms with Gasteiger partial charge in [-0.3, -0.25) is 24.0 Å². The van der Waals surface area contributed by atoms with E-state index in [0.29, 0.717) is 12.3 Å². The van der Waals surface area contributed by atoms with Crippen LogP contribution < -0.4 is 11.0 Å². The van der Waals surface area contributed by atoms with Crippen LogP contribution in [0.1, 0.15) is 38.3 Å². The lowest BCUT2D eigenvalue weighted by Gasteiger charge is -2.21. The van der Waals surface area contributed by atoms with Crippen molar-refractivity contribution in [3.05, 3.63) is 34.2 Å². The van der Waals surface area contributed by atoms with Gasteiger partial charge >= 0.3 is 5.69 Å². The summed E-state index contributed by atoms with van der Waals surface area (Å²) in [6.07, 6.45) is 1.55. The molecule has 0 saturated carbocycles. The Hall–Kier alpha value is -2.37. The molecule has 0 aliphatic carbocycles. The Morgan fingerprint density at radius 1 is 1.22 bits per heavy atom. The summed E-state index contributed by atoms with van der Waals surface area (Å²) >= 11 is 0. The van der Waals surface area contributed by atoms with E-state index in [4.69, 9.17) is 0 Å². The number of benzene rings is 1. The molecule has 0 spiro atoms. The number of nitrogens with zero attached hydrogens (tertiary/aromatic N) is 2. The van der Waals surface area contributed by atoms with Crippen molar-refractivity contribution < 1.29 is 9.59 Å². The summed E-state index contributed by atoms with van der Waals surface area (Å²) in [5, 5.41) is 2.32. The van der Waals surface area contributed by atoms with E-state index in [-0.39, 0.29) is 18.0 Å². The molecule has 1 aromatic carbocycles. The Morgan fingerprint density at radius 3 is 2.61 bits per heavy atom. The summed E-state index contributed by atoms with van der Waals surface area (Å²) in [6.45, 7) is 4.30. The van der Waals surface area contributed by atoms with Gasteiger partial charge in [-0.1, -0.05) is 19.9 Å². The van der Waals surface area contributed by atoms with Crippen LogP contribution in [0.2, 0.25) is 0 Å². The standard InChI is InChI=1S/C17H21N3O3/c1-10(2)8-11-4-5-12-14(9-11)19(3)17(23)20(12)13-6-7-15(21)18-16(13)22/h4-5,9-10,13H,6-8H2,1-3H3,(H,18,21,22). The molecule has 1 saturated heterocycles. The number of aryl methyl sites for hydroxylation is 1. The average Bonchev–Trinajstić information content (AvgIpc) is 2.71. The van der Waals surface area contributed by atoms with Gasteiger partial charge < -0.3 is 0 Å². The second-order valence-electron chi connectivity index (χ2n) is 6.60. The van der Waals surface area contributed by atoms with E-state index in [1.807, 2.05) is 18.2 Å². The lowest BCUT2D eigenvalue weighted by Crippen LogP contribution is -2.44. The van der Waals surface area contributed by atoms with Crippen LogP contribution in [0.15, 0.2) is 23.0 Å². The number of aromatic nitrogens is 2. The summed E-state index contributed by atoms with van der Waals surface area (Å²) < 4.78 is 3.08. The average molecular weight is 315 g/mol. The maximum absolute atomic E-state index is 12.6. The number of amides is 2. The zero-order valence-corrected chi connectivity index (χ0v) is 13.6. The summed E-state index contributed by atoms with van der Waals surface area (Å²) in [4.78, 5) is 36.1. The Labute approximate surface area is 134 Å². The van der Waals surface area contributed by atoms with Crippen molar-refractivity contribution in [3.8, 4) is 0 Å². The molecule has 6 heteroatoms. The molecule has 3 rings (SSSR count). The first-order chi connectivity index (χ1) is 10.9. The van der Waals surface area contributed by atoms with Crippen LogP contribution >= 0.6 is 0 Å². The monoisotopic (exact) mass is 315 g/mol. The normalized spacial score (nSPS) is 18.7. The van der Waals surface area contributed by atoms with Crippen molar-refractivity contribution in [2.45, 2.75) is 39.2 Å². The molecule has 6 nitrogen and oxygen atoms in total. The Bertz CT molecular complexity index is 845. The van der Waals surface area contributed by atoms with E-state index >= 15 is 0 Å². The molecule has 1 aliphatic heterocycles. The molecule has 1 aromatic heterocycles. The lowest BCUT2D eigenvalue weighted by molar-refractivity contribution is -0.135. The number of imide groups is 1. The van der Waals surface area contributed by atoms with Crippen LogP contribution in [-0.2, 0) is 23.1 Å². The minimum Gasteiger partial charge on any atom is -0.295 e. The summed E-state index contributed by atoms with van der Waals surface area (Å²) in [5.74, 6) is -0.150. The van der Waals surface area contributed by atoms with Crippen LogP contribution in [0.4, 0.5) is 0 Å². The van der Waals surface area contributed by atoms with Crippen molar-refractivity contribution >= 4 is 22.8 Å². The molecule has 2 heterocycles. The highest BCUT2D eigenvalue weighted by Crippen LogP contribution is 2.24. The van der Waals surface area contributed by atoms with E-state index in [0.717, 1.165) is 17.5 Å². The molecule has 122 valence electrons. The lowest BCUT2D eigenvalue weighted by atomic mass is 10.0. The van der Waals surface area contributed by atoms with Crippen molar-refractivity contribution in [1.29, 1.82) is 0 Å². The van der Waals surface area contributed by atoms with E-state index in [9.17, 15) is 14.4 Å². The molecule has 1 atom stereocenters. The quantitative estimate of drug-likeness (QED) is 0.873. The molecular formula is C17H21N3O3. The van der Waals surface area contributed by atoms with E-state index < -0.39 is 11.9 Å². The first kappa shape index (κ1) is 15.5. The predicted octanol–water partition coefficient (Wildman–Crippen LogP) is 1.52. The van der Waals surface area contributed by atoms with Gasteiger partial charge in [0.1, 0.15) is 6.04 Å². The maximum atomic E-state index is 12.6. The van der Waals surface area contributed by atoms with E-state index in [1.165, 1.54) is 10.1 Å². The number of imidazole rings is 1. The van der Waals surface area contributed by atoms with Gasteiger partial charge in [-0.2, -0.15) is 0 Å². The molecular weight excluding hydrogens is 294 g/mol. The highest BCUT2D eigenvalue weighted by Gasteiger charge is 2.31. The van der Waals surface area contributed by atoms with Crippen LogP contribution in [0.25, 0.3) is 11.0 Å². The number of hydrogen-bond acceptors (Lipinski definition) is 3. The maximum Gasteiger partial charge on any atom is 0.329 e. The van der Waals surface area contributed by atoms with Crippen molar-refractivity contribution in [3.63, 3.8) is 0 Å². The van der Waals surface area contributed by atoms with Crippen LogP contribution in [0, 0.1) is 5.92 Å². The fourth-order valence-corrected chi connectivity index (χ4v) is 3.24. The number of carbonyl (C=O) groups excluding carboxylic acids is 2. The third kappa shape index (κ3) is 2.69. The molecule has 1 fully saturated rings. The van der Waals surface area contributed by atoms with Gasteiger partial charge in [0, 0.05) is 13.5 Å². The van der Waals surface area contributed by atoms with E-state index in [2.05, 4.69) is 19.2 Å². The molecule has 0 bridgehead atoms. The Kier molecular flexibility index (Phi) is 3.83.